The van der Waals surface area contributed by atoms with E-state index < -0.39 is 0 Å². The molecule has 1 aliphatic rings. The first-order chi connectivity index (χ1) is 7.86. The van der Waals surface area contributed by atoms with Gasteiger partial charge in [-0.1, -0.05) is 24.3 Å². The number of nitrogens with one attached hydrogen (secondary N) is 1. The second kappa shape index (κ2) is 3.67. The standard InChI is InChI=1S/C13H15N3/c1-10-12-5-3-2-4-11(12)6-9-16(10)13-14-7-8-15-13/h2-5,7-8,10H,6,9H2,1H3,(H,14,15). The van der Waals surface area contributed by atoms with Crippen LogP contribution in [0.25, 0.3) is 0 Å². The topological polar surface area (TPSA) is 31.9 Å². The third-order valence-corrected chi connectivity index (χ3v) is 3.35. The molecule has 1 unspecified atom stereocenters. The number of fused-ring (bicyclic) bond motifs is 1. The minimum atomic E-state index is 0.399. The van der Waals surface area contributed by atoms with Crippen molar-refractivity contribution in [1.82, 2.24) is 9.97 Å². The summed E-state index contributed by atoms with van der Waals surface area (Å²) in [7, 11) is 0. The molecule has 1 atom stereocenters. The molecule has 0 aliphatic carbocycles. The van der Waals surface area contributed by atoms with E-state index in [4.69, 9.17) is 0 Å². The average molecular weight is 213 g/mol. The van der Waals surface area contributed by atoms with Crippen LogP contribution in [-0.4, -0.2) is 16.5 Å². The molecule has 1 aromatic heterocycles. The van der Waals surface area contributed by atoms with Crippen LogP contribution < -0.4 is 4.90 Å². The summed E-state index contributed by atoms with van der Waals surface area (Å²) in [4.78, 5) is 9.84. The van der Waals surface area contributed by atoms with Gasteiger partial charge in [0.15, 0.2) is 0 Å². The maximum Gasteiger partial charge on any atom is 0.203 e. The van der Waals surface area contributed by atoms with Crippen LogP contribution in [0.1, 0.15) is 24.1 Å². The molecule has 16 heavy (non-hydrogen) atoms. The van der Waals surface area contributed by atoms with Gasteiger partial charge in [-0.2, -0.15) is 0 Å². The molecule has 2 aromatic rings. The second-order valence-corrected chi connectivity index (χ2v) is 4.23. The van der Waals surface area contributed by atoms with Crippen molar-refractivity contribution in [2.24, 2.45) is 0 Å². The molecule has 0 fully saturated rings. The first-order valence-corrected chi connectivity index (χ1v) is 5.70. The van der Waals surface area contributed by atoms with E-state index in [9.17, 15) is 0 Å². The lowest BCUT2D eigenvalue weighted by Gasteiger charge is -2.35. The molecule has 0 spiro atoms. The monoisotopic (exact) mass is 213 g/mol. The predicted octanol–water partition coefficient (Wildman–Crippen LogP) is 2.53. The fourth-order valence-electron chi connectivity index (χ4n) is 2.48. The van der Waals surface area contributed by atoms with E-state index >= 15 is 0 Å². The molecule has 0 saturated carbocycles. The summed E-state index contributed by atoms with van der Waals surface area (Å²) in [6.07, 6.45) is 4.78. The van der Waals surface area contributed by atoms with Gasteiger partial charge in [0, 0.05) is 18.9 Å². The SMILES string of the molecule is CC1c2ccccc2CCN1c1ncc[nH]1. The number of aromatic nitrogens is 2. The number of hydrogen-bond donors (Lipinski definition) is 1. The molecule has 0 amide bonds. The van der Waals surface area contributed by atoms with Gasteiger partial charge in [-0.15, -0.1) is 0 Å². The summed E-state index contributed by atoms with van der Waals surface area (Å²) in [5.41, 5.74) is 2.89. The number of anilines is 1. The molecule has 3 rings (SSSR count). The molecule has 0 radical (unpaired) electrons. The molecule has 2 heterocycles. The highest BCUT2D eigenvalue weighted by atomic mass is 15.3. The van der Waals surface area contributed by atoms with Gasteiger partial charge < -0.3 is 9.88 Å². The number of aromatic amines is 1. The number of benzene rings is 1. The van der Waals surface area contributed by atoms with Gasteiger partial charge in [-0.3, -0.25) is 0 Å². The third kappa shape index (κ3) is 1.40. The number of imidazole rings is 1. The Balaban J connectivity index is 1.98. The summed E-state index contributed by atoms with van der Waals surface area (Å²) >= 11 is 0. The van der Waals surface area contributed by atoms with Gasteiger partial charge in [-0.25, -0.2) is 4.98 Å². The van der Waals surface area contributed by atoms with E-state index in [1.54, 1.807) is 0 Å². The van der Waals surface area contributed by atoms with Crippen molar-refractivity contribution < 1.29 is 0 Å². The smallest absolute Gasteiger partial charge is 0.203 e. The number of rotatable bonds is 1. The van der Waals surface area contributed by atoms with Crippen LogP contribution >= 0.6 is 0 Å². The maximum absolute atomic E-state index is 4.33. The second-order valence-electron chi connectivity index (χ2n) is 4.23. The number of hydrogen-bond acceptors (Lipinski definition) is 2. The van der Waals surface area contributed by atoms with Crippen molar-refractivity contribution in [3.05, 3.63) is 47.8 Å². The zero-order chi connectivity index (χ0) is 11.0. The first kappa shape index (κ1) is 9.46. The lowest BCUT2D eigenvalue weighted by molar-refractivity contribution is 0.611. The molecular weight excluding hydrogens is 198 g/mol. The molecule has 82 valence electrons. The molecule has 1 aliphatic heterocycles. The van der Waals surface area contributed by atoms with E-state index in [0.29, 0.717) is 6.04 Å². The predicted molar refractivity (Wildman–Crippen MR) is 64.5 cm³/mol. The average Bonchev–Trinajstić information content (AvgIpc) is 2.83. The number of nitrogens with zero attached hydrogens (tertiary/aromatic N) is 2. The Morgan fingerprint density at radius 2 is 2.25 bits per heavy atom. The minimum Gasteiger partial charge on any atom is -0.335 e. The molecule has 0 saturated heterocycles. The van der Waals surface area contributed by atoms with Crippen LogP contribution in [0.4, 0.5) is 5.95 Å². The van der Waals surface area contributed by atoms with Crippen LogP contribution in [0.3, 0.4) is 0 Å². The Kier molecular flexibility index (Phi) is 2.17. The maximum atomic E-state index is 4.33. The van der Waals surface area contributed by atoms with Crippen molar-refractivity contribution >= 4 is 5.95 Å². The summed E-state index contributed by atoms with van der Waals surface area (Å²) < 4.78 is 0. The summed E-state index contributed by atoms with van der Waals surface area (Å²) in [5.74, 6) is 0.974. The Bertz CT molecular complexity index is 476. The van der Waals surface area contributed by atoms with Gasteiger partial charge >= 0.3 is 0 Å². The Morgan fingerprint density at radius 1 is 1.38 bits per heavy atom. The zero-order valence-corrected chi connectivity index (χ0v) is 9.35. The van der Waals surface area contributed by atoms with Crippen molar-refractivity contribution in [2.45, 2.75) is 19.4 Å². The Morgan fingerprint density at radius 3 is 3.06 bits per heavy atom. The van der Waals surface area contributed by atoms with E-state index in [1.807, 2.05) is 12.4 Å². The fourth-order valence-corrected chi connectivity index (χ4v) is 2.48. The zero-order valence-electron chi connectivity index (χ0n) is 9.35. The van der Waals surface area contributed by atoms with Crippen molar-refractivity contribution in [1.29, 1.82) is 0 Å². The van der Waals surface area contributed by atoms with Crippen LogP contribution in [0.2, 0.25) is 0 Å². The van der Waals surface area contributed by atoms with E-state index in [0.717, 1.165) is 18.9 Å². The summed E-state index contributed by atoms with van der Waals surface area (Å²) in [6, 6.07) is 9.08. The lowest BCUT2D eigenvalue weighted by atomic mass is 9.94. The van der Waals surface area contributed by atoms with E-state index in [2.05, 4.69) is 46.1 Å². The van der Waals surface area contributed by atoms with Gasteiger partial charge in [0.05, 0.1) is 6.04 Å². The highest BCUT2D eigenvalue weighted by molar-refractivity contribution is 5.43. The van der Waals surface area contributed by atoms with Crippen LogP contribution in [-0.2, 0) is 6.42 Å². The quantitative estimate of drug-likeness (QED) is 0.789. The van der Waals surface area contributed by atoms with Gasteiger partial charge in [0.2, 0.25) is 5.95 Å². The third-order valence-electron chi connectivity index (χ3n) is 3.35. The van der Waals surface area contributed by atoms with Crippen molar-refractivity contribution in [2.75, 3.05) is 11.4 Å². The lowest BCUT2D eigenvalue weighted by Crippen LogP contribution is -2.34. The molecule has 3 nitrogen and oxygen atoms in total. The molecule has 1 N–H and O–H groups in total. The highest BCUT2D eigenvalue weighted by Crippen LogP contribution is 2.31. The van der Waals surface area contributed by atoms with Crippen LogP contribution in [0.5, 0.6) is 0 Å². The molecule has 1 aromatic carbocycles. The van der Waals surface area contributed by atoms with Crippen LogP contribution in [0, 0.1) is 0 Å². The molecule has 3 heteroatoms. The Labute approximate surface area is 95.1 Å². The largest absolute Gasteiger partial charge is 0.335 e. The van der Waals surface area contributed by atoms with Gasteiger partial charge in [0.25, 0.3) is 0 Å². The fraction of sp³-hybridized carbons (Fsp3) is 0.308. The molecule has 0 bridgehead atoms. The molecular formula is C13H15N3. The summed E-state index contributed by atoms with van der Waals surface area (Å²) in [6.45, 7) is 3.27. The van der Waals surface area contributed by atoms with Gasteiger partial charge in [0.1, 0.15) is 0 Å². The minimum absolute atomic E-state index is 0.399. The van der Waals surface area contributed by atoms with Crippen molar-refractivity contribution in [3.63, 3.8) is 0 Å². The van der Waals surface area contributed by atoms with E-state index in [-0.39, 0.29) is 0 Å². The normalized spacial score (nSPS) is 19.6. The van der Waals surface area contributed by atoms with Crippen LogP contribution in [0.15, 0.2) is 36.7 Å². The highest BCUT2D eigenvalue weighted by Gasteiger charge is 2.24. The number of H-pyrrole nitrogens is 1. The Hall–Kier alpha value is -1.77. The van der Waals surface area contributed by atoms with E-state index in [1.165, 1.54) is 11.1 Å². The first-order valence-electron chi connectivity index (χ1n) is 5.70. The van der Waals surface area contributed by atoms with Gasteiger partial charge in [-0.05, 0) is 24.5 Å². The van der Waals surface area contributed by atoms with Crippen molar-refractivity contribution in [3.8, 4) is 0 Å². The summed E-state index contributed by atoms with van der Waals surface area (Å²) in [5, 5.41) is 0.